The van der Waals surface area contributed by atoms with Gasteiger partial charge >= 0.3 is 5.97 Å². The van der Waals surface area contributed by atoms with Crippen LogP contribution in [0.15, 0.2) is 48.5 Å². The Kier molecular flexibility index (Phi) is 4.23. The normalized spacial score (nSPS) is 13.6. The van der Waals surface area contributed by atoms with Crippen LogP contribution in [0, 0.1) is 5.82 Å². The van der Waals surface area contributed by atoms with Gasteiger partial charge in [-0.25, -0.2) is 4.39 Å². The minimum Gasteiger partial charge on any atom is -0.481 e. The lowest BCUT2D eigenvalue weighted by Crippen LogP contribution is -2.45. The summed E-state index contributed by atoms with van der Waals surface area (Å²) in [4.78, 5) is 11.8. The van der Waals surface area contributed by atoms with Crippen LogP contribution in [0.4, 0.5) is 10.1 Å². The monoisotopic (exact) mass is 288 g/mol. The molecular formula is C16H17FN2O2. The highest BCUT2D eigenvalue weighted by molar-refractivity contribution is 5.82. The number of carbonyl (C=O) groups is 1. The highest BCUT2D eigenvalue weighted by atomic mass is 19.1. The van der Waals surface area contributed by atoms with Crippen molar-refractivity contribution >= 4 is 11.7 Å². The zero-order valence-electron chi connectivity index (χ0n) is 11.4. The van der Waals surface area contributed by atoms with Gasteiger partial charge in [0.2, 0.25) is 0 Å². The second-order valence-electron chi connectivity index (χ2n) is 5.02. The minimum absolute atomic E-state index is 0.129. The fraction of sp³-hybridized carbons (Fsp3) is 0.188. The molecule has 0 saturated carbocycles. The predicted octanol–water partition coefficient (Wildman–Crippen LogP) is 1.93. The minimum atomic E-state index is -1.36. The molecule has 0 aromatic heterocycles. The van der Waals surface area contributed by atoms with Crippen molar-refractivity contribution in [3.8, 4) is 0 Å². The summed E-state index contributed by atoms with van der Waals surface area (Å²) in [5.74, 6) is -1.56. The van der Waals surface area contributed by atoms with Crippen molar-refractivity contribution in [2.75, 3.05) is 12.3 Å². The number of carboxylic acid groups (broad SMARTS) is 1. The van der Waals surface area contributed by atoms with Gasteiger partial charge < -0.3 is 16.6 Å². The van der Waals surface area contributed by atoms with Gasteiger partial charge in [0.1, 0.15) is 11.2 Å². The third kappa shape index (κ3) is 3.03. The molecular weight excluding hydrogens is 271 g/mol. The van der Waals surface area contributed by atoms with E-state index < -0.39 is 17.2 Å². The average Bonchev–Trinajstić information content (AvgIpc) is 2.46. The molecule has 0 aliphatic heterocycles. The highest BCUT2D eigenvalue weighted by Gasteiger charge is 2.39. The zero-order chi connectivity index (χ0) is 15.5. The van der Waals surface area contributed by atoms with Crippen molar-refractivity contribution in [1.82, 2.24) is 0 Å². The molecule has 5 heteroatoms. The van der Waals surface area contributed by atoms with Crippen LogP contribution in [0.1, 0.15) is 11.1 Å². The molecule has 0 fully saturated rings. The van der Waals surface area contributed by atoms with Crippen molar-refractivity contribution < 1.29 is 14.3 Å². The van der Waals surface area contributed by atoms with E-state index in [0.717, 1.165) is 5.56 Å². The van der Waals surface area contributed by atoms with E-state index in [1.165, 1.54) is 18.2 Å². The van der Waals surface area contributed by atoms with E-state index in [1.54, 1.807) is 30.3 Å². The first-order valence-corrected chi connectivity index (χ1v) is 6.52. The van der Waals surface area contributed by atoms with Crippen LogP contribution in [0.5, 0.6) is 0 Å². The Bertz CT molecular complexity index is 643. The maximum absolute atomic E-state index is 13.4. The molecule has 0 aliphatic rings. The van der Waals surface area contributed by atoms with Crippen molar-refractivity contribution in [2.45, 2.75) is 11.8 Å². The molecule has 0 aliphatic carbocycles. The van der Waals surface area contributed by atoms with Crippen molar-refractivity contribution in [1.29, 1.82) is 0 Å². The molecule has 1 unspecified atom stereocenters. The molecule has 110 valence electrons. The van der Waals surface area contributed by atoms with Crippen LogP contribution in [-0.4, -0.2) is 17.6 Å². The summed E-state index contributed by atoms with van der Waals surface area (Å²) in [5.41, 5.74) is 11.7. The Balaban J connectivity index is 2.46. The number of rotatable bonds is 5. The van der Waals surface area contributed by atoms with E-state index in [-0.39, 0.29) is 13.0 Å². The number of aliphatic carboxylic acids is 1. The zero-order valence-corrected chi connectivity index (χ0v) is 11.4. The predicted molar refractivity (Wildman–Crippen MR) is 79.3 cm³/mol. The van der Waals surface area contributed by atoms with E-state index >= 15 is 0 Å². The van der Waals surface area contributed by atoms with Crippen molar-refractivity contribution in [3.63, 3.8) is 0 Å². The third-order valence-corrected chi connectivity index (χ3v) is 3.62. The van der Waals surface area contributed by atoms with Crippen molar-refractivity contribution in [3.05, 3.63) is 65.5 Å². The lowest BCUT2D eigenvalue weighted by Gasteiger charge is -2.28. The first-order valence-electron chi connectivity index (χ1n) is 6.52. The summed E-state index contributed by atoms with van der Waals surface area (Å²) in [6.45, 7) is -0.129. The Morgan fingerprint density at radius 1 is 1.19 bits per heavy atom. The van der Waals surface area contributed by atoms with Crippen LogP contribution in [-0.2, 0) is 16.6 Å². The van der Waals surface area contributed by atoms with Crippen LogP contribution < -0.4 is 11.5 Å². The van der Waals surface area contributed by atoms with Gasteiger partial charge in [0.15, 0.2) is 0 Å². The number of carboxylic acids is 1. The van der Waals surface area contributed by atoms with E-state index in [9.17, 15) is 14.3 Å². The van der Waals surface area contributed by atoms with Gasteiger partial charge in [-0.05, 0) is 41.8 Å². The molecule has 0 spiro atoms. The molecule has 5 N–H and O–H groups in total. The number of hydrogen-bond donors (Lipinski definition) is 3. The van der Waals surface area contributed by atoms with Crippen LogP contribution >= 0.6 is 0 Å². The van der Waals surface area contributed by atoms with Gasteiger partial charge in [0, 0.05) is 12.2 Å². The smallest absolute Gasteiger partial charge is 0.315 e. The number of nitrogen functional groups attached to an aromatic ring is 1. The average molecular weight is 288 g/mol. The Morgan fingerprint density at radius 2 is 1.86 bits per heavy atom. The quantitative estimate of drug-likeness (QED) is 0.733. The Morgan fingerprint density at radius 3 is 2.38 bits per heavy atom. The van der Waals surface area contributed by atoms with E-state index in [4.69, 9.17) is 11.5 Å². The standard InChI is InChI=1S/C16H17FN2O2/c17-13-3-1-2-12(8-13)16(10-18,15(20)21)9-11-4-6-14(19)7-5-11/h1-8H,9-10,18-19H2,(H,20,21). The van der Waals surface area contributed by atoms with Gasteiger partial charge in [-0.3, -0.25) is 4.79 Å². The maximum Gasteiger partial charge on any atom is 0.315 e. The number of nitrogens with two attached hydrogens (primary N) is 2. The summed E-state index contributed by atoms with van der Waals surface area (Å²) < 4.78 is 13.4. The molecule has 0 saturated heterocycles. The van der Waals surface area contributed by atoms with Crippen LogP contribution in [0.25, 0.3) is 0 Å². The second kappa shape index (κ2) is 5.93. The SMILES string of the molecule is NCC(Cc1ccc(N)cc1)(C(=O)O)c1cccc(F)c1. The number of anilines is 1. The molecule has 21 heavy (non-hydrogen) atoms. The third-order valence-electron chi connectivity index (χ3n) is 3.62. The largest absolute Gasteiger partial charge is 0.481 e. The number of benzene rings is 2. The molecule has 2 rings (SSSR count). The van der Waals surface area contributed by atoms with Crippen molar-refractivity contribution in [2.24, 2.45) is 5.73 Å². The molecule has 2 aromatic rings. The molecule has 0 amide bonds. The first kappa shape index (κ1) is 15.0. The summed E-state index contributed by atoms with van der Waals surface area (Å²) in [7, 11) is 0. The summed E-state index contributed by atoms with van der Waals surface area (Å²) in [6, 6.07) is 12.5. The Hall–Kier alpha value is -2.40. The van der Waals surface area contributed by atoms with Crippen LogP contribution in [0.2, 0.25) is 0 Å². The van der Waals surface area contributed by atoms with Gasteiger partial charge in [0.25, 0.3) is 0 Å². The molecule has 0 radical (unpaired) electrons. The maximum atomic E-state index is 13.4. The number of halogens is 1. The van der Waals surface area contributed by atoms with Crippen LogP contribution in [0.3, 0.4) is 0 Å². The Labute approximate surface area is 122 Å². The second-order valence-corrected chi connectivity index (χ2v) is 5.02. The van der Waals surface area contributed by atoms with E-state index in [0.29, 0.717) is 11.3 Å². The molecule has 0 heterocycles. The lowest BCUT2D eigenvalue weighted by molar-refractivity contribution is -0.143. The topological polar surface area (TPSA) is 89.3 Å². The number of hydrogen-bond acceptors (Lipinski definition) is 3. The van der Waals surface area contributed by atoms with Gasteiger partial charge in [-0.1, -0.05) is 24.3 Å². The molecule has 1 atom stereocenters. The molecule has 0 bridgehead atoms. The summed E-state index contributed by atoms with van der Waals surface area (Å²) in [5, 5.41) is 9.66. The van der Waals surface area contributed by atoms with E-state index in [2.05, 4.69) is 0 Å². The van der Waals surface area contributed by atoms with E-state index in [1.807, 2.05) is 0 Å². The lowest BCUT2D eigenvalue weighted by atomic mass is 9.75. The fourth-order valence-electron chi connectivity index (χ4n) is 2.35. The van der Waals surface area contributed by atoms with Gasteiger partial charge in [0.05, 0.1) is 0 Å². The first-order chi connectivity index (χ1) is 9.98. The fourth-order valence-corrected chi connectivity index (χ4v) is 2.35. The molecule has 2 aromatic carbocycles. The van der Waals surface area contributed by atoms with Gasteiger partial charge in [-0.2, -0.15) is 0 Å². The summed E-state index contributed by atoms with van der Waals surface area (Å²) >= 11 is 0. The highest BCUT2D eigenvalue weighted by Crippen LogP contribution is 2.29. The van der Waals surface area contributed by atoms with Gasteiger partial charge in [-0.15, -0.1) is 0 Å². The molecule has 4 nitrogen and oxygen atoms in total. The summed E-state index contributed by atoms with van der Waals surface area (Å²) in [6.07, 6.45) is 0.169.